The Morgan fingerprint density at radius 1 is 0.769 bits per heavy atom. The molecule has 0 aliphatic rings. The maximum atomic E-state index is 13.3. The van der Waals surface area contributed by atoms with Gasteiger partial charge in [-0.1, -0.05) is 50.2 Å². The molecule has 0 spiro atoms. The minimum atomic E-state index is -4.17. The summed E-state index contributed by atoms with van der Waals surface area (Å²) in [7, 11) is -8.34. The van der Waals surface area contributed by atoms with E-state index in [1.807, 2.05) is 0 Å². The fourth-order valence-corrected chi connectivity index (χ4v) is 8.48. The first-order valence-corrected chi connectivity index (χ1v) is 11.5. The van der Waals surface area contributed by atoms with Crippen molar-refractivity contribution < 1.29 is 21.9 Å². The van der Waals surface area contributed by atoms with Crippen LogP contribution in [0.1, 0.15) is 20.3 Å². The largest absolute Gasteiger partial charge is 0.396 e. The van der Waals surface area contributed by atoms with E-state index in [1.54, 1.807) is 50.2 Å². The van der Waals surface area contributed by atoms with Crippen LogP contribution in [0.2, 0.25) is 0 Å². The molecule has 0 amide bonds. The Bertz CT molecular complexity index is 835. The van der Waals surface area contributed by atoms with Gasteiger partial charge in [0.25, 0.3) is 0 Å². The first-order valence-electron chi connectivity index (χ1n) is 8.41. The third kappa shape index (κ3) is 4.16. The van der Waals surface area contributed by atoms with Gasteiger partial charge in [0.1, 0.15) is 0 Å². The van der Waals surface area contributed by atoms with Crippen LogP contribution in [-0.2, 0) is 19.7 Å². The van der Waals surface area contributed by atoms with E-state index in [4.69, 9.17) is 0 Å². The average Bonchev–Trinajstić information content (AvgIpc) is 2.62. The molecule has 0 bridgehead atoms. The van der Waals surface area contributed by atoms with Gasteiger partial charge in [-0.15, -0.1) is 0 Å². The maximum absolute atomic E-state index is 13.3. The Morgan fingerprint density at radius 3 is 1.46 bits per heavy atom. The van der Waals surface area contributed by atoms with E-state index >= 15 is 0 Å². The lowest BCUT2D eigenvalue weighted by Gasteiger charge is -2.29. The summed E-state index contributed by atoms with van der Waals surface area (Å²) in [5.41, 5.74) is 0. The van der Waals surface area contributed by atoms with Gasteiger partial charge in [-0.3, -0.25) is 0 Å². The summed E-state index contributed by atoms with van der Waals surface area (Å²) in [6, 6.07) is 15.2. The van der Waals surface area contributed by atoms with Crippen LogP contribution in [0.25, 0.3) is 0 Å². The normalized spacial score (nSPS) is 13.9. The van der Waals surface area contributed by atoms with E-state index in [2.05, 4.69) is 0 Å². The number of benzene rings is 2. The van der Waals surface area contributed by atoms with Gasteiger partial charge in [0.15, 0.2) is 24.3 Å². The highest BCUT2D eigenvalue weighted by molar-refractivity contribution is 8.09. The third-order valence-corrected chi connectivity index (χ3v) is 9.72. The van der Waals surface area contributed by atoms with Crippen molar-refractivity contribution in [1.29, 1.82) is 0 Å². The summed E-state index contributed by atoms with van der Waals surface area (Å²) >= 11 is 0. The van der Waals surface area contributed by atoms with E-state index in [-0.39, 0.29) is 28.7 Å². The van der Waals surface area contributed by atoms with Gasteiger partial charge in [0.2, 0.25) is 0 Å². The van der Waals surface area contributed by atoms with Crippen LogP contribution in [0.5, 0.6) is 0 Å². The minimum Gasteiger partial charge on any atom is -0.396 e. The van der Waals surface area contributed by atoms with Crippen molar-refractivity contribution in [3.8, 4) is 0 Å². The van der Waals surface area contributed by atoms with Crippen molar-refractivity contribution in [2.75, 3.05) is 6.61 Å². The summed E-state index contributed by atoms with van der Waals surface area (Å²) in [4.78, 5) is -0.0683. The number of hydrogen-bond donors (Lipinski definition) is 1. The molecule has 2 aromatic carbocycles. The van der Waals surface area contributed by atoms with Crippen molar-refractivity contribution in [3.05, 3.63) is 60.7 Å². The molecule has 0 aliphatic heterocycles. The molecule has 2 rings (SSSR count). The summed E-state index contributed by atoms with van der Waals surface area (Å²) < 4.78 is 51.6. The quantitative estimate of drug-likeness (QED) is 0.741. The Balaban J connectivity index is 2.71. The molecule has 142 valence electrons. The first kappa shape index (κ1) is 20.6. The van der Waals surface area contributed by atoms with E-state index < -0.39 is 30.2 Å². The molecule has 1 atom stereocenters. The summed E-state index contributed by atoms with van der Waals surface area (Å²) in [6.07, 6.45) is 0.0838. The lowest BCUT2D eigenvalue weighted by Crippen LogP contribution is -2.40. The van der Waals surface area contributed by atoms with Crippen LogP contribution < -0.4 is 0 Å². The lowest BCUT2D eigenvalue weighted by atomic mass is 9.95. The fourth-order valence-electron chi connectivity index (χ4n) is 3.05. The second-order valence-corrected chi connectivity index (χ2v) is 10.9. The second-order valence-electron chi connectivity index (χ2n) is 6.50. The van der Waals surface area contributed by atoms with Crippen molar-refractivity contribution in [1.82, 2.24) is 0 Å². The molecule has 0 fully saturated rings. The van der Waals surface area contributed by atoms with Crippen molar-refractivity contribution in [3.63, 3.8) is 0 Å². The third-order valence-electron chi connectivity index (χ3n) is 4.42. The van der Waals surface area contributed by atoms with E-state index in [9.17, 15) is 21.9 Å². The Labute approximate surface area is 155 Å². The molecule has 0 saturated carbocycles. The molecule has 5 nitrogen and oxygen atoms in total. The minimum absolute atomic E-state index is 0.0342. The number of hydrogen-bond acceptors (Lipinski definition) is 5. The van der Waals surface area contributed by atoms with Gasteiger partial charge in [0.05, 0.1) is 9.79 Å². The second kappa shape index (κ2) is 8.33. The number of aliphatic hydroxyl groups is 1. The fraction of sp³-hybridized carbons (Fsp3) is 0.368. The number of aliphatic hydroxyl groups excluding tert-OH is 1. The standard InChI is InChI=1S/C19H24O5S2/c1-15(2)18(13-14-20)19(25(21,22)16-9-5-3-6-10-16)26(23,24)17-11-7-4-8-12-17/h3-12,15,18-20H,13-14H2,1-2H3/t18-/m0/s1. The molecule has 26 heavy (non-hydrogen) atoms. The van der Waals surface area contributed by atoms with Crippen LogP contribution in [0.4, 0.5) is 0 Å². The molecule has 0 unspecified atom stereocenters. The lowest BCUT2D eigenvalue weighted by molar-refractivity contribution is 0.236. The summed E-state index contributed by atoms with van der Waals surface area (Å²) in [5.74, 6) is -0.987. The summed E-state index contributed by atoms with van der Waals surface area (Å²) in [5, 5.41) is 9.42. The maximum Gasteiger partial charge on any atom is 0.196 e. The van der Waals surface area contributed by atoms with Crippen LogP contribution in [0, 0.1) is 11.8 Å². The first-order chi connectivity index (χ1) is 12.2. The topological polar surface area (TPSA) is 88.5 Å². The van der Waals surface area contributed by atoms with Gasteiger partial charge in [-0.05, 0) is 42.5 Å². The molecular formula is C19H24O5S2. The highest BCUT2D eigenvalue weighted by atomic mass is 32.3. The molecule has 0 aromatic heterocycles. The van der Waals surface area contributed by atoms with Gasteiger partial charge in [-0.25, -0.2) is 16.8 Å². The number of sulfone groups is 2. The highest BCUT2D eigenvalue weighted by Gasteiger charge is 2.46. The molecular weight excluding hydrogens is 372 g/mol. The van der Waals surface area contributed by atoms with Crippen molar-refractivity contribution in [2.24, 2.45) is 11.8 Å². The van der Waals surface area contributed by atoms with Gasteiger partial charge >= 0.3 is 0 Å². The Hall–Kier alpha value is -1.70. The zero-order chi connectivity index (χ0) is 19.4. The van der Waals surface area contributed by atoms with E-state index in [1.165, 1.54) is 24.3 Å². The van der Waals surface area contributed by atoms with Crippen LogP contribution >= 0.6 is 0 Å². The zero-order valence-electron chi connectivity index (χ0n) is 14.8. The highest BCUT2D eigenvalue weighted by Crippen LogP contribution is 2.35. The molecule has 0 heterocycles. The molecule has 0 radical (unpaired) electrons. The molecule has 1 N–H and O–H groups in total. The molecule has 0 aliphatic carbocycles. The van der Waals surface area contributed by atoms with E-state index in [0.717, 1.165) is 0 Å². The number of rotatable bonds is 8. The predicted octanol–water partition coefficient (Wildman–Crippen LogP) is 2.91. The van der Waals surface area contributed by atoms with Gasteiger partial charge in [0, 0.05) is 6.61 Å². The van der Waals surface area contributed by atoms with Crippen LogP contribution in [0.15, 0.2) is 70.5 Å². The van der Waals surface area contributed by atoms with Gasteiger partial charge < -0.3 is 5.11 Å². The molecule has 2 aromatic rings. The van der Waals surface area contributed by atoms with Crippen LogP contribution in [-0.4, -0.2) is 33.1 Å². The zero-order valence-corrected chi connectivity index (χ0v) is 16.4. The smallest absolute Gasteiger partial charge is 0.196 e. The monoisotopic (exact) mass is 396 g/mol. The Morgan fingerprint density at radius 2 is 1.15 bits per heavy atom. The Kier molecular flexibility index (Phi) is 6.60. The van der Waals surface area contributed by atoms with E-state index in [0.29, 0.717) is 0 Å². The molecule has 7 heteroatoms. The molecule has 0 saturated heterocycles. The van der Waals surface area contributed by atoms with Crippen molar-refractivity contribution >= 4 is 19.7 Å². The van der Waals surface area contributed by atoms with Gasteiger partial charge in [-0.2, -0.15) is 0 Å². The average molecular weight is 397 g/mol. The summed E-state index contributed by atoms with van der Waals surface area (Å²) in [6.45, 7) is 3.26. The van der Waals surface area contributed by atoms with Crippen molar-refractivity contribution in [2.45, 2.75) is 34.6 Å². The SMILES string of the molecule is CC(C)[C@H](CCO)C(S(=O)(=O)c1ccccc1)S(=O)(=O)c1ccccc1. The van der Waals surface area contributed by atoms with Crippen LogP contribution in [0.3, 0.4) is 0 Å². The predicted molar refractivity (Wildman–Crippen MR) is 101 cm³/mol.